The van der Waals surface area contributed by atoms with Crippen LogP contribution < -0.4 is 10.6 Å². The summed E-state index contributed by atoms with van der Waals surface area (Å²) in [6, 6.07) is 6.34. The van der Waals surface area contributed by atoms with Crippen LogP contribution in [0.1, 0.15) is 30.1 Å². The van der Waals surface area contributed by atoms with E-state index in [9.17, 15) is 14.4 Å². The summed E-state index contributed by atoms with van der Waals surface area (Å²) in [6.45, 7) is 2.53. The van der Waals surface area contributed by atoms with Gasteiger partial charge in [-0.15, -0.1) is 0 Å². The number of anilines is 1. The van der Waals surface area contributed by atoms with E-state index in [1.807, 2.05) is 6.92 Å². The maximum absolute atomic E-state index is 11.7. The van der Waals surface area contributed by atoms with E-state index >= 15 is 0 Å². The Morgan fingerprint density at radius 1 is 1.26 bits per heavy atom. The first-order valence-electron chi connectivity index (χ1n) is 5.93. The number of aliphatic carboxylic acids is 1. The molecule has 0 saturated heterocycles. The molecule has 1 aromatic rings. The molecule has 1 aromatic carbocycles. The van der Waals surface area contributed by atoms with Crippen LogP contribution in [0.2, 0.25) is 0 Å². The van der Waals surface area contributed by atoms with Gasteiger partial charge >= 0.3 is 5.97 Å². The number of amides is 2. The summed E-state index contributed by atoms with van der Waals surface area (Å²) in [5.41, 5.74) is 0.817. The van der Waals surface area contributed by atoms with Crippen molar-refractivity contribution in [3.63, 3.8) is 0 Å². The average molecular weight is 264 g/mol. The molecule has 0 fully saturated rings. The van der Waals surface area contributed by atoms with Gasteiger partial charge in [0.25, 0.3) is 5.91 Å². The van der Waals surface area contributed by atoms with Gasteiger partial charge in [0.15, 0.2) is 0 Å². The van der Waals surface area contributed by atoms with Crippen LogP contribution in [0, 0.1) is 0 Å². The van der Waals surface area contributed by atoms with Crippen LogP contribution in [0.4, 0.5) is 5.69 Å². The molecule has 0 bridgehead atoms. The smallest absolute Gasteiger partial charge is 0.312 e. The Balaban J connectivity index is 2.69. The van der Waals surface area contributed by atoms with E-state index in [1.165, 1.54) is 6.07 Å². The van der Waals surface area contributed by atoms with Crippen molar-refractivity contribution in [3.8, 4) is 0 Å². The predicted molar refractivity (Wildman–Crippen MR) is 69.9 cm³/mol. The van der Waals surface area contributed by atoms with Gasteiger partial charge in [-0.2, -0.15) is 0 Å². The molecule has 1 rings (SSSR count). The van der Waals surface area contributed by atoms with E-state index in [-0.39, 0.29) is 5.91 Å². The molecule has 19 heavy (non-hydrogen) atoms. The normalized spacial score (nSPS) is 9.74. The number of carboxylic acid groups (broad SMARTS) is 1. The predicted octanol–water partition coefficient (Wildman–Crippen LogP) is 1.24. The van der Waals surface area contributed by atoms with Crippen molar-refractivity contribution >= 4 is 23.5 Å². The van der Waals surface area contributed by atoms with Crippen molar-refractivity contribution in [2.45, 2.75) is 19.8 Å². The molecule has 0 aromatic heterocycles. The highest BCUT2D eigenvalue weighted by Crippen LogP contribution is 2.11. The zero-order valence-electron chi connectivity index (χ0n) is 10.6. The van der Waals surface area contributed by atoms with Gasteiger partial charge in [0.1, 0.15) is 6.42 Å². The van der Waals surface area contributed by atoms with Gasteiger partial charge in [-0.3, -0.25) is 14.4 Å². The number of hydrogen-bond donors (Lipinski definition) is 3. The van der Waals surface area contributed by atoms with Gasteiger partial charge < -0.3 is 15.7 Å². The maximum atomic E-state index is 11.7. The Morgan fingerprint density at radius 2 is 2.00 bits per heavy atom. The highest BCUT2D eigenvalue weighted by Gasteiger charge is 2.09. The maximum Gasteiger partial charge on any atom is 0.312 e. The molecule has 102 valence electrons. The first-order chi connectivity index (χ1) is 9.02. The average Bonchev–Trinajstić information content (AvgIpc) is 2.35. The van der Waals surface area contributed by atoms with Crippen LogP contribution in [0.15, 0.2) is 24.3 Å². The molecule has 3 N–H and O–H groups in total. The molecule has 6 nitrogen and oxygen atoms in total. The molecule has 0 atom stereocenters. The molecule has 2 amide bonds. The van der Waals surface area contributed by atoms with Gasteiger partial charge in [-0.1, -0.05) is 13.0 Å². The minimum atomic E-state index is -1.20. The van der Waals surface area contributed by atoms with E-state index in [2.05, 4.69) is 10.6 Å². The number of carboxylic acids is 1. The van der Waals surface area contributed by atoms with E-state index in [0.29, 0.717) is 17.8 Å². The molecule has 6 heteroatoms. The minimum Gasteiger partial charge on any atom is -0.481 e. The molecule has 0 aliphatic heterocycles. The van der Waals surface area contributed by atoms with Crippen molar-refractivity contribution in [1.82, 2.24) is 5.32 Å². The third-order valence-corrected chi connectivity index (χ3v) is 2.26. The SMILES string of the molecule is CCCNC(=O)c1cccc(NC(=O)CC(=O)O)c1. The molecular weight excluding hydrogens is 248 g/mol. The molecule has 0 aliphatic rings. The van der Waals surface area contributed by atoms with Crippen molar-refractivity contribution in [2.24, 2.45) is 0 Å². The molecule has 0 unspecified atom stereocenters. The van der Waals surface area contributed by atoms with Crippen molar-refractivity contribution in [3.05, 3.63) is 29.8 Å². The Hall–Kier alpha value is -2.37. The van der Waals surface area contributed by atoms with Crippen LogP contribution >= 0.6 is 0 Å². The van der Waals surface area contributed by atoms with Crippen LogP contribution in [-0.2, 0) is 9.59 Å². The van der Waals surface area contributed by atoms with Crippen molar-refractivity contribution in [1.29, 1.82) is 0 Å². The van der Waals surface area contributed by atoms with Gasteiger partial charge in [-0.05, 0) is 24.6 Å². The molecule has 0 heterocycles. The van der Waals surface area contributed by atoms with Crippen LogP contribution in [0.25, 0.3) is 0 Å². The number of nitrogens with one attached hydrogen (secondary N) is 2. The minimum absolute atomic E-state index is 0.226. The van der Waals surface area contributed by atoms with Crippen LogP contribution in [0.5, 0.6) is 0 Å². The van der Waals surface area contributed by atoms with E-state index in [1.54, 1.807) is 18.2 Å². The first-order valence-corrected chi connectivity index (χ1v) is 5.93. The fraction of sp³-hybridized carbons (Fsp3) is 0.308. The summed E-state index contributed by atoms with van der Waals surface area (Å²) in [4.78, 5) is 33.4. The fourth-order valence-electron chi connectivity index (χ4n) is 1.42. The van der Waals surface area contributed by atoms with E-state index < -0.39 is 18.3 Å². The number of carbonyl (C=O) groups is 3. The summed E-state index contributed by atoms with van der Waals surface area (Å²) >= 11 is 0. The lowest BCUT2D eigenvalue weighted by atomic mass is 10.2. The summed E-state index contributed by atoms with van der Waals surface area (Å²) in [5.74, 6) is -2.05. The molecule has 0 spiro atoms. The van der Waals surface area contributed by atoms with Gasteiger partial charge in [-0.25, -0.2) is 0 Å². The Morgan fingerprint density at radius 3 is 2.63 bits per heavy atom. The highest BCUT2D eigenvalue weighted by molar-refractivity contribution is 6.02. The standard InChI is InChI=1S/C13H16N2O4/c1-2-6-14-13(19)9-4-3-5-10(7-9)15-11(16)8-12(17)18/h3-5,7H,2,6,8H2,1H3,(H,14,19)(H,15,16)(H,17,18). The fourth-order valence-corrected chi connectivity index (χ4v) is 1.42. The van der Waals surface area contributed by atoms with Gasteiger partial charge in [0, 0.05) is 17.8 Å². The zero-order chi connectivity index (χ0) is 14.3. The lowest BCUT2D eigenvalue weighted by molar-refractivity contribution is -0.139. The molecule has 0 radical (unpaired) electrons. The highest BCUT2D eigenvalue weighted by atomic mass is 16.4. The molecule has 0 aliphatic carbocycles. The number of hydrogen-bond acceptors (Lipinski definition) is 3. The summed E-state index contributed by atoms with van der Waals surface area (Å²) < 4.78 is 0. The molecular formula is C13H16N2O4. The number of rotatable bonds is 6. The second-order valence-corrected chi connectivity index (χ2v) is 3.96. The zero-order valence-corrected chi connectivity index (χ0v) is 10.6. The lowest BCUT2D eigenvalue weighted by Gasteiger charge is -2.07. The second-order valence-electron chi connectivity index (χ2n) is 3.96. The van der Waals surface area contributed by atoms with Crippen LogP contribution in [-0.4, -0.2) is 29.4 Å². The summed E-state index contributed by atoms with van der Waals surface area (Å²) in [5, 5.41) is 13.6. The number of carbonyl (C=O) groups excluding carboxylic acids is 2. The van der Waals surface area contributed by atoms with Gasteiger partial charge in [0.05, 0.1) is 0 Å². The summed E-state index contributed by atoms with van der Waals surface area (Å²) in [6.07, 6.45) is 0.229. The Kier molecular flexibility index (Phi) is 5.53. The van der Waals surface area contributed by atoms with Gasteiger partial charge in [0.2, 0.25) is 5.91 Å². The largest absolute Gasteiger partial charge is 0.481 e. The lowest BCUT2D eigenvalue weighted by Crippen LogP contribution is -2.24. The van der Waals surface area contributed by atoms with Crippen molar-refractivity contribution < 1.29 is 19.5 Å². The quantitative estimate of drug-likeness (QED) is 0.673. The van der Waals surface area contributed by atoms with E-state index in [4.69, 9.17) is 5.11 Å². The topological polar surface area (TPSA) is 95.5 Å². The van der Waals surface area contributed by atoms with Crippen LogP contribution in [0.3, 0.4) is 0 Å². The monoisotopic (exact) mass is 264 g/mol. The second kappa shape index (κ2) is 7.15. The Labute approximate surface area is 110 Å². The third-order valence-electron chi connectivity index (χ3n) is 2.26. The molecule has 0 saturated carbocycles. The third kappa shape index (κ3) is 5.20. The van der Waals surface area contributed by atoms with E-state index in [0.717, 1.165) is 6.42 Å². The Bertz CT molecular complexity index is 485. The number of benzene rings is 1. The first kappa shape index (κ1) is 14.7. The van der Waals surface area contributed by atoms with Crippen molar-refractivity contribution in [2.75, 3.05) is 11.9 Å². The summed E-state index contributed by atoms with van der Waals surface area (Å²) in [7, 11) is 0.